The maximum atomic E-state index is 11.4. The maximum absolute atomic E-state index is 11.4. The molecule has 0 aliphatic heterocycles. The van der Waals surface area contributed by atoms with Gasteiger partial charge in [0, 0.05) is 19.9 Å². The first-order chi connectivity index (χ1) is 6.34. The van der Waals surface area contributed by atoms with E-state index >= 15 is 0 Å². The first kappa shape index (κ1) is 12.5. The number of rotatable bonds is 4. The van der Waals surface area contributed by atoms with Gasteiger partial charge in [-0.1, -0.05) is 0 Å². The Hall–Kier alpha value is -1.50. The van der Waals surface area contributed by atoms with Crippen LogP contribution in [0.3, 0.4) is 0 Å². The van der Waals surface area contributed by atoms with E-state index in [4.69, 9.17) is 11.5 Å². The molecule has 0 unspecified atom stereocenters. The predicted molar refractivity (Wildman–Crippen MR) is 52.6 cm³/mol. The summed E-state index contributed by atoms with van der Waals surface area (Å²) in [5.74, 6) is 1.05. The van der Waals surface area contributed by atoms with Crippen LogP contribution >= 0.6 is 0 Å². The van der Waals surface area contributed by atoms with E-state index in [1.165, 1.54) is 25.8 Å². The van der Waals surface area contributed by atoms with Crippen molar-refractivity contribution in [1.82, 2.24) is 4.90 Å². The number of terminal acetylenes is 1. The third-order valence-corrected chi connectivity index (χ3v) is 2.22. The van der Waals surface area contributed by atoms with E-state index in [1.54, 1.807) is 0 Å². The molecule has 0 spiro atoms. The van der Waals surface area contributed by atoms with Gasteiger partial charge in [-0.05, 0) is 13.8 Å². The quantitative estimate of drug-likeness (QED) is 0.676. The lowest BCUT2D eigenvalue weighted by molar-refractivity contribution is -0.155. The molecule has 0 atom stereocenters. The largest absolute Gasteiger partial charge is 0.480 e. The zero-order valence-electron chi connectivity index (χ0n) is 8.70. The molecule has 0 aromatic carbocycles. The molecular weight excluding hydrogens is 182 g/mol. The van der Waals surface area contributed by atoms with Crippen LogP contribution in [0.25, 0.3) is 0 Å². The van der Waals surface area contributed by atoms with Crippen LogP contribution in [0.15, 0.2) is 0 Å². The number of carbonyl (C=O) groups excluding carboxylic acids is 1. The number of hydrogen-bond donors (Lipinski definition) is 1. The van der Waals surface area contributed by atoms with Gasteiger partial charge >= 0.3 is 5.97 Å². The number of nitrogens with zero attached hydrogens (tertiary/aromatic N) is 1. The lowest BCUT2D eigenvalue weighted by Crippen LogP contribution is -2.50. The second-order valence-electron chi connectivity index (χ2n) is 3.52. The number of hydrogen-bond acceptors (Lipinski definition) is 2. The molecule has 1 amide bonds. The fraction of sp³-hybridized carbons (Fsp3) is 0.600. The Bertz CT molecular complexity index is 276. The molecule has 0 aliphatic rings. The molecule has 0 bridgehead atoms. The van der Waals surface area contributed by atoms with Gasteiger partial charge in [-0.25, -0.2) is 4.79 Å². The van der Waals surface area contributed by atoms with Gasteiger partial charge in [0.25, 0.3) is 0 Å². The molecule has 4 nitrogen and oxygen atoms in total. The minimum Gasteiger partial charge on any atom is -0.480 e. The highest BCUT2D eigenvalue weighted by atomic mass is 16.4. The van der Waals surface area contributed by atoms with Crippen LogP contribution < -0.4 is 0 Å². The summed E-state index contributed by atoms with van der Waals surface area (Å²) >= 11 is 0. The van der Waals surface area contributed by atoms with E-state index in [1.807, 2.05) is 0 Å². The second kappa shape index (κ2) is 4.66. The van der Waals surface area contributed by atoms with E-state index in [0.717, 1.165) is 0 Å². The van der Waals surface area contributed by atoms with Crippen LogP contribution in [0.1, 0.15) is 26.7 Å². The zero-order chi connectivity index (χ0) is 11.4. The lowest BCUT2D eigenvalue weighted by atomic mass is 10.0. The Labute approximate surface area is 83.9 Å². The normalized spacial score (nSPS) is 10.4. The Balaban J connectivity index is 4.47. The SMILES string of the molecule is C#CCCC(=O)N(C)C(C)(C)C(=O)O. The minimum absolute atomic E-state index is 0.184. The molecule has 78 valence electrons. The number of carboxylic acids is 1. The number of likely N-dealkylation sites (N-methyl/N-ethyl adjacent to an activating group) is 1. The van der Waals surface area contributed by atoms with Crippen molar-refractivity contribution in [2.45, 2.75) is 32.2 Å². The number of carboxylic acid groups (broad SMARTS) is 1. The molecule has 0 aliphatic carbocycles. The lowest BCUT2D eigenvalue weighted by Gasteiger charge is -2.31. The molecule has 0 aromatic rings. The molecule has 0 heterocycles. The third-order valence-electron chi connectivity index (χ3n) is 2.22. The number of amides is 1. The van der Waals surface area contributed by atoms with Crippen LogP contribution in [-0.2, 0) is 9.59 Å². The van der Waals surface area contributed by atoms with E-state index < -0.39 is 11.5 Å². The van der Waals surface area contributed by atoms with Gasteiger partial charge in [0.2, 0.25) is 5.91 Å². The molecule has 4 heteroatoms. The first-order valence-corrected chi connectivity index (χ1v) is 4.27. The average molecular weight is 197 g/mol. The summed E-state index contributed by atoms with van der Waals surface area (Å²) in [6.45, 7) is 2.95. The summed E-state index contributed by atoms with van der Waals surface area (Å²) < 4.78 is 0. The van der Waals surface area contributed by atoms with E-state index in [0.29, 0.717) is 6.42 Å². The molecular formula is C10H15NO3. The van der Waals surface area contributed by atoms with Crippen LogP contribution in [0, 0.1) is 12.3 Å². The minimum atomic E-state index is -1.19. The highest BCUT2D eigenvalue weighted by Gasteiger charge is 2.34. The monoisotopic (exact) mass is 197 g/mol. The smallest absolute Gasteiger partial charge is 0.329 e. The molecule has 0 saturated carbocycles. The molecule has 1 N–H and O–H groups in total. The van der Waals surface area contributed by atoms with Crippen molar-refractivity contribution in [2.24, 2.45) is 0 Å². The zero-order valence-corrected chi connectivity index (χ0v) is 8.70. The van der Waals surface area contributed by atoms with Crippen LogP contribution in [0.2, 0.25) is 0 Å². The van der Waals surface area contributed by atoms with Gasteiger partial charge in [-0.15, -0.1) is 12.3 Å². The first-order valence-electron chi connectivity index (χ1n) is 4.27. The second-order valence-corrected chi connectivity index (χ2v) is 3.52. The Kier molecular flexibility index (Phi) is 4.16. The molecule has 0 radical (unpaired) electrons. The van der Waals surface area contributed by atoms with Crippen molar-refractivity contribution in [3.63, 3.8) is 0 Å². The van der Waals surface area contributed by atoms with Crippen molar-refractivity contribution in [2.75, 3.05) is 7.05 Å². The van der Waals surface area contributed by atoms with Gasteiger partial charge < -0.3 is 10.0 Å². The van der Waals surface area contributed by atoms with E-state index in [2.05, 4.69) is 5.92 Å². The van der Waals surface area contributed by atoms with Crippen molar-refractivity contribution in [1.29, 1.82) is 0 Å². The molecule has 0 fully saturated rings. The third kappa shape index (κ3) is 2.77. The van der Waals surface area contributed by atoms with Crippen LogP contribution in [0.4, 0.5) is 0 Å². The highest BCUT2D eigenvalue weighted by molar-refractivity contribution is 5.86. The summed E-state index contributed by atoms with van der Waals surface area (Å²) in [4.78, 5) is 23.4. The van der Waals surface area contributed by atoms with Gasteiger partial charge in [0.1, 0.15) is 5.54 Å². The summed E-state index contributed by atoms with van der Waals surface area (Å²) in [6, 6.07) is 0. The average Bonchev–Trinajstić information content (AvgIpc) is 2.12. The summed E-state index contributed by atoms with van der Waals surface area (Å²) in [7, 11) is 1.47. The summed E-state index contributed by atoms with van der Waals surface area (Å²) in [6.07, 6.45) is 5.53. The van der Waals surface area contributed by atoms with E-state index in [-0.39, 0.29) is 12.3 Å². The fourth-order valence-corrected chi connectivity index (χ4v) is 0.802. The Morgan fingerprint density at radius 3 is 2.36 bits per heavy atom. The topological polar surface area (TPSA) is 57.6 Å². The predicted octanol–water partition coefficient (Wildman–Crippen LogP) is 0.721. The summed E-state index contributed by atoms with van der Waals surface area (Å²) in [5.41, 5.74) is -1.19. The molecule has 14 heavy (non-hydrogen) atoms. The Morgan fingerprint density at radius 2 is 2.00 bits per heavy atom. The van der Waals surface area contributed by atoms with Crippen LogP contribution in [0.5, 0.6) is 0 Å². The van der Waals surface area contributed by atoms with E-state index in [9.17, 15) is 9.59 Å². The van der Waals surface area contributed by atoms with Crippen molar-refractivity contribution in [3.05, 3.63) is 0 Å². The Morgan fingerprint density at radius 1 is 1.50 bits per heavy atom. The summed E-state index contributed by atoms with van der Waals surface area (Å²) in [5, 5.41) is 8.85. The van der Waals surface area contributed by atoms with Gasteiger partial charge in [0.05, 0.1) is 0 Å². The fourth-order valence-electron chi connectivity index (χ4n) is 0.802. The van der Waals surface area contributed by atoms with Gasteiger partial charge in [-0.2, -0.15) is 0 Å². The van der Waals surface area contributed by atoms with Crippen molar-refractivity contribution >= 4 is 11.9 Å². The number of carbonyl (C=O) groups is 2. The molecule has 0 saturated heterocycles. The van der Waals surface area contributed by atoms with Gasteiger partial charge in [-0.3, -0.25) is 4.79 Å². The van der Waals surface area contributed by atoms with Gasteiger partial charge in [0.15, 0.2) is 0 Å². The molecule has 0 aromatic heterocycles. The maximum Gasteiger partial charge on any atom is 0.329 e. The highest BCUT2D eigenvalue weighted by Crippen LogP contribution is 2.13. The van der Waals surface area contributed by atoms with Crippen LogP contribution in [-0.4, -0.2) is 34.5 Å². The van der Waals surface area contributed by atoms with Crippen molar-refractivity contribution in [3.8, 4) is 12.3 Å². The van der Waals surface area contributed by atoms with Crippen molar-refractivity contribution < 1.29 is 14.7 Å². The molecule has 0 rings (SSSR count). The number of aliphatic carboxylic acids is 1. The standard InChI is InChI=1S/C10H15NO3/c1-5-6-7-8(12)11(4)10(2,3)9(13)14/h1H,6-7H2,2-4H3,(H,13,14).